The topological polar surface area (TPSA) is 28.6 Å². The van der Waals surface area contributed by atoms with Gasteiger partial charge in [0.05, 0.1) is 18.3 Å². The largest absolute Gasteiger partial charge is 0.495 e. The Hall–Kier alpha value is -2.85. The highest BCUT2D eigenvalue weighted by Gasteiger charge is 2.55. The lowest BCUT2D eigenvalue weighted by atomic mass is 9.61. The zero-order chi connectivity index (χ0) is 21.3. The van der Waals surface area contributed by atoms with Gasteiger partial charge >= 0.3 is 0 Å². The SMILES string of the molecule is COc1ccccc1N(C)[C@]1([C@@H](c2ccccc2)c2cccnc2)CN2CCC1CC2. The third kappa shape index (κ3) is 3.39. The highest BCUT2D eigenvalue weighted by molar-refractivity contribution is 5.62. The van der Waals surface area contributed by atoms with Crippen LogP contribution in [-0.2, 0) is 0 Å². The number of nitrogens with zero attached hydrogens (tertiary/aromatic N) is 3. The van der Waals surface area contributed by atoms with E-state index in [1.54, 1.807) is 7.11 Å². The first-order valence-electron chi connectivity index (χ1n) is 11.3. The summed E-state index contributed by atoms with van der Waals surface area (Å²) in [6.07, 6.45) is 6.39. The fourth-order valence-corrected chi connectivity index (χ4v) is 6.07. The van der Waals surface area contributed by atoms with E-state index in [2.05, 4.69) is 94.8 Å². The summed E-state index contributed by atoms with van der Waals surface area (Å²) in [6.45, 7) is 3.43. The lowest BCUT2D eigenvalue weighted by Crippen LogP contribution is -2.69. The molecule has 2 aromatic carbocycles. The number of piperidine rings is 3. The van der Waals surface area contributed by atoms with Crippen LogP contribution in [0, 0.1) is 5.92 Å². The Balaban J connectivity index is 1.73. The molecule has 0 unspecified atom stereocenters. The second-order valence-electron chi connectivity index (χ2n) is 8.90. The maximum atomic E-state index is 5.81. The molecule has 0 saturated carbocycles. The number of aromatic nitrogens is 1. The van der Waals surface area contributed by atoms with Crippen LogP contribution in [0.15, 0.2) is 79.1 Å². The molecule has 0 N–H and O–H groups in total. The molecule has 31 heavy (non-hydrogen) atoms. The molecule has 3 aromatic rings. The summed E-state index contributed by atoms with van der Waals surface area (Å²) in [5, 5.41) is 0. The Labute approximate surface area is 185 Å². The van der Waals surface area contributed by atoms with E-state index in [0.29, 0.717) is 5.92 Å². The molecule has 3 aliphatic rings. The van der Waals surface area contributed by atoms with Crippen LogP contribution in [0.4, 0.5) is 5.69 Å². The Kier molecular flexibility index (Phi) is 5.41. The molecule has 0 amide bonds. The minimum atomic E-state index is -0.0878. The molecule has 4 heteroatoms. The highest BCUT2D eigenvalue weighted by atomic mass is 16.5. The van der Waals surface area contributed by atoms with Crippen molar-refractivity contribution in [2.24, 2.45) is 5.92 Å². The van der Waals surface area contributed by atoms with Gasteiger partial charge in [-0.2, -0.15) is 0 Å². The molecule has 3 aliphatic heterocycles. The van der Waals surface area contributed by atoms with Gasteiger partial charge in [-0.25, -0.2) is 0 Å². The predicted molar refractivity (Wildman–Crippen MR) is 126 cm³/mol. The lowest BCUT2D eigenvalue weighted by molar-refractivity contribution is 0.0167. The Morgan fingerprint density at radius 3 is 2.32 bits per heavy atom. The molecule has 3 saturated heterocycles. The van der Waals surface area contributed by atoms with Crippen LogP contribution in [0.3, 0.4) is 0 Å². The van der Waals surface area contributed by atoms with Crippen LogP contribution in [0.5, 0.6) is 5.75 Å². The Morgan fingerprint density at radius 2 is 1.68 bits per heavy atom. The van der Waals surface area contributed by atoms with E-state index in [1.807, 2.05) is 6.20 Å². The molecular formula is C27H31N3O. The van der Waals surface area contributed by atoms with Gasteiger partial charge in [0.1, 0.15) is 5.75 Å². The fraction of sp³-hybridized carbons (Fsp3) is 0.370. The molecule has 3 fully saturated rings. The van der Waals surface area contributed by atoms with Crippen LogP contribution < -0.4 is 9.64 Å². The zero-order valence-corrected chi connectivity index (χ0v) is 18.4. The molecule has 0 aliphatic carbocycles. The lowest BCUT2D eigenvalue weighted by Gasteiger charge is -2.61. The Morgan fingerprint density at radius 1 is 0.968 bits per heavy atom. The normalized spacial score (nSPS) is 25.7. The zero-order valence-electron chi connectivity index (χ0n) is 18.4. The number of rotatable bonds is 6. The van der Waals surface area contributed by atoms with E-state index in [0.717, 1.165) is 18.0 Å². The van der Waals surface area contributed by atoms with Crippen molar-refractivity contribution < 1.29 is 4.74 Å². The van der Waals surface area contributed by atoms with Crippen molar-refractivity contribution in [1.82, 2.24) is 9.88 Å². The van der Waals surface area contributed by atoms with Crippen molar-refractivity contribution in [3.8, 4) is 5.75 Å². The molecule has 0 spiro atoms. The summed E-state index contributed by atoms with van der Waals surface area (Å²) in [7, 11) is 4.04. The van der Waals surface area contributed by atoms with E-state index >= 15 is 0 Å². The van der Waals surface area contributed by atoms with Gasteiger partial charge in [-0.05, 0) is 61.2 Å². The van der Waals surface area contributed by atoms with Crippen molar-refractivity contribution in [1.29, 1.82) is 0 Å². The first-order chi connectivity index (χ1) is 15.2. The van der Waals surface area contributed by atoms with E-state index in [4.69, 9.17) is 4.74 Å². The van der Waals surface area contributed by atoms with Crippen LogP contribution >= 0.6 is 0 Å². The van der Waals surface area contributed by atoms with E-state index in [9.17, 15) is 0 Å². The number of fused-ring (bicyclic) bond motifs is 3. The molecule has 1 aromatic heterocycles. The fourth-order valence-electron chi connectivity index (χ4n) is 6.07. The number of hydrogen-bond donors (Lipinski definition) is 0. The number of hydrogen-bond acceptors (Lipinski definition) is 4. The summed E-state index contributed by atoms with van der Waals surface area (Å²) in [5.74, 6) is 1.74. The third-order valence-corrected chi connectivity index (χ3v) is 7.49. The standard InChI is InChI=1S/C27H31N3O/c1-29(24-12-6-7-13-25(24)31-2)27(20-30-17-14-23(27)15-18-30)26(21-9-4-3-5-10-21)22-11-8-16-28-19-22/h3-13,16,19,23,26H,14-15,17-18,20H2,1-2H3/t26-,27+/m0/s1. The van der Waals surface area contributed by atoms with Crippen LogP contribution in [-0.4, -0.2) is 49.2 Å². The maximum Gasteiger partial charge on any atom is 0.142 e. The van der Waals surface area contributed by atoms with Gasteiger partial charge in [-0.1, -0.05) is 48.5 Å². The second-order valence-corrected chi connectivity index (χ2v) is 8.90. The molecule has 160 valence electrons. The molecule has 0 radical (unpaired) electrons. The van der Waals surface area contributed by atoms with Gasteiger partial charge in [0.25, 0.3) is 0 Å². The van der Waals surface area contributed by atoms with Crippen LogP contribution in [0.2, 0.25) is 0 Å². The van der Waals surface area contributed by atoms with Gasteiger partial charge in [0.15, 0.2) is 0 Å². The molecular weight excluding hydrogens is 382 g/mol. The molecule has 4 nitrogen and oxygen atoms in total. The predicted octanol–water partition coefficient (Wildman–Crippen LogP) is 4.82. The Bertz CT molecular complexity index is 962. The van der Waals surface area contributed by atoms with Crippen LogP contribution in [0.1, 0.15) is 29.9 Å². The van der Waals surface area contributed by atoms with Crippen LogP contribution in [0.25, 0.3) is 0 Å². The first-order valence-corrected chi connectivity index (χ1v) is 11.3. The number of pyridine rings is 1. The van der Waals surface area contributed by atoms with E-state index in [-0.39, 0.29) is 11.5 Å². The van der Waals surface area contributed by atoms with Gasteiger partial charge in [0.2, 0.25) is 0 Å². The highest BCUT2D eigenvalue weighted by Crippen LogP contribution is 2.52. The molecule has 2 bridgehead atoms. The molecule has 6 rings (SSSR count). The summed E-state index contributed by atoms with van der Waals surface area (Å²) in [5.41, 5.74) is 3.70. The second kappa shape index (κ2) is 8.35. The number of benzene rings is 2. The van der Waals surface area contributed by atoms with Gasteiger partial charge < -0.3 is 14.5 Å². The average Bonchev–Trinajstić information content (AvgIpc) is 2.85. The number of ether oxygens (including phenoxy) is 1. The van der Waals surface area contributed by atoms with Crippen molar-refractivity contribution in [2.45, 2.75) is 24.3 Å². The van der Waals surface area contributed by atoms with Gasteiger partial charge in [-0.3, -0.25) is 4.98 Å². The van der Waals surface area contributed by atoms with Crippen molar-refractivity contribution in [2.75, 3.05) is 38.7 Å². The number of methoxy groups -OCH3 is 1. The third-order valence-electron chi connectivity index (χ3n) is 7.49. The van der Waals surface area contributed by atoms with Crippen molar-refractivity contribution >= 4 is 5.69 Å². The monoisotopic (exact) mass is 413 g/mol. The van der Waals surface area contributed by atoms with Gasteiger partial charge in [0, 0.05) is 31.9 Å². The van der Waals surface area contributed by atoms with E-state index in [1.165, 1.54) is 37.1 Å². The van der Waals surface area contributed by atoms with E-state index < -0.39 is 0 Å². The maximum absolute atomic E-state index is 5.81. The summed E-state index contributed by atoms with van der Waals surface area (Å²) < 4.78 is 5.81. The minimum absolute atomic E-state index is 0.0878. The number of para-hydroxylation sites is 2. The first kappa shape index (κ1) is 20.1. The number of anilines is 1. The number of likely N-dealkylation sites (N-methyl/N-ethyl adjacent to an activating group) is 1. The summed E-state index contributed by atoms with van der Waals surface area (Å²) in [6, 6.07) is 23.8. The van der Waals surface area contributed by atoms with Crippen molar-refractivity contribution in [3.05, 3.63) is 90.3 Å². The minimum Gasteiger partial charge on any atom is -0.495 e. The van der Waals surface area contributed by atoms with Gasteiger partial charge in [-0.15, -0.1) is 0 Å². The molecule has 4 heterocycles. The average molecular weight is 414 g/mol. The molecule has 2 atom stereocenters. The quantitative estimate of drug-likeness (QED) is 0.579. The smallest absolute Gasteiger partial charge is 0.142 e. The van der Waals surface area contributed by atoms with Crippen molar-refractivity contribution in [3.63, 3.8) is 0 Å². The summed E-state index contributed by atoms with van der Waals surface area (Å²) in [4.78, 5) is 9.71. The summed E-state index contributed by atoms with van der Waals surface area (Å²) >= 11 is 0.